The minimum absolute atomic E-state index is 0.0126. The minimum Gasteiger partial charge on any atom is -0.326 e. The normalized spacial score (nSPS) is 20.5. The van der Waals surface area contributed by atoms with E-state index in [0.717, 1.165) is 25.2 Å². The summed E-state index contributed by atoms with van der Waals surface area (Å²) in [6.45, 7) is 2.10. The number of likely N-dealkylation sites (tertiary alicyclic amines) is 1. The lowest BCUT2D eigenvalue weighted by atomic mass is 10.3. The fraction of sp³-hybridized carbons (Fsp3) is 0.417. The van der Waals surface area contributed by atoms with Crippen molar-refractivity contribution in [3.63, 3.8) is 0 Å². The van der Waals surface area contributed by atoms with E-state index in [4.69, 9.17) is 17.3 Å². The summed E-state index contributed by atoms with van der Waals surface area (Å²) in [6, 6.07) is 7.29. The fourth-order valence-electron chi connectivity index (χ4n) is 1.94. The summed E-state index contributed by atoms with van der Waals surface area (Å²) in [5, 5.41) is 3.49. The quantitative estimate of drug-likeness (QED) is 0.854. The molecule has 1 atom stereocenters. The van der Waals surface area contributed by atoms with Crippen molar-refractivity contribution in [2.24, 2.45) is 5.73 Å². The topological polar surface area (TPSA) is 58.4 Å². The van der Waals surface area contributed by atoms with Gasteiger partial charge in [0.25, 0.3) is 0 Å². The number of carbonyl (C=O) groups is 1. The molecule has 0 spiro atoms. The molecule has 17 heavy (non-hydrogen) atoms. The lowest BCUT2D eigenvalue weighted by Crippen LogP contribution is -2.33. The van der Waals surface area contributed by atoms with E-state index in [1.807, 2.05) is 0 Å². The third-order valence-electron chi connectivity index (χ3n) is 2.80. The number of amides is 1. The van der Waals surface area contributed by atoms with Crippen LogP contribution in [0.1, 0.15) is 6.42 Å². The fourth-order valence-corrected chi connectivity index (χ4v) is 2.07. The maximum Gasteiger partial charge on any atom is 0.238 e. The Morgan fingerprint density at radius 1 is 1.47 bits per heavy atom. The Kier molecular flexibility index (Phi) is 3.99. The molecule has 1 aliphatic heterocycles. The van der Waals surface area contributed by atoms with Crippen LogP contribution in [0.15, 0.2) is 24.3 Å². The van der Waals surface area contributed by atoms with E-state index in [1.54, 1.807) is 24.3 Å². The number of carbonyl (C=O) groups excluding carboxylic acids is 1. The molecule has 1 saturated heterocycles. The third-order valence-corrected chi connectivity index (χ3v) is 3.06. The molecular weight excluding hydrogens is 238 g/mol. The third kappa shape index (κ3) is 3.70. The average Bonchev–Trinajstić information content (AvgIpc) is 2.67. The standard InChI is InChI=1S/C12H16ClN3O/c13-9-1-3-11(4-2-9)15-12(17)8-16-6-5-10(14)7-16/h1-4,10H,5-8,14H2,(H,15,17). The summed E-state index contributed by atoms with van der Waals surface area (Å²) in [5.41, 5.74) is 6.55. The summed E-state index contributed by atoms with van der Waals surface area (Å²) in [4.78, 5) is 13.8. The number of hydrogen-bond acceptors (Lipinski definition) is 3. The van der Waals surface area contributed by atoms with Crippen molar-refractivity contribution in [2.75, 3.05) is 25.0 Å². The zero-order valence-electron chi connectivity index (χ0n) is 9.53. The van der Waals surface area contributed by atoms with Gasteiger partial charge in [0.05, 0.1) is 6.54 Å². The highest BCUT2D eigenvalue weighted by molar-refractivity contribution is 6.30. The van der Waals surface area contributed by atoms with E-state index in [1.165, 1.54) is 0 Å². The van der Waals surface area contributed by atoms with Gasteiger partial charge < -0.3 is 11.1 Å². The Balaban J connectivity index is 1.83. The first-order valence-corrected chi connectivity index (χ1v) is 6.04. The molecule has 4 nitrogen and oxygen atoms in total. The van der Waals surface area contributed by atoms with Gasteiger partial charge in [0.2, 0.25) is 5.91 Å². The van der Waals surface area contributed by atoms with E-state index in [-0.39, 0.29) is 11.9 Å². The zero-order chi connectivity index (χ0) is 12.3. The molecule has 0 aromatic heterocycles. The molecule has 3 N–H and O–H groups in total. The van der Waals surface area contributed by atoms with E-state index < -0.39 is 0 Å². The van der Waals surface area contributed by atoms with E-state index in [0.29, 0.717) is 11.6 Å². The minimum atomic E-state index is -0.0126. The summed E-state index contributed by atoms with van der Waals surface area (Å²) < 4.78 is 0. The Hall–Kier alpha value is -1.10. The molecule has 1 heterocycles. The number of nitrogens with zero attached hydrogens (tertiary/aromatic N) is 1. The van der Waals surface area contributed by atoms with Gasteiger partial charge in [-0.15, -0.1) is 0 Å². The SMILES string of the molecule is NC1CCN(CC(=O)Nc2ccc(Cl)cc2)C1. The van der Waals surface area contributed by atoms with Crippen LogP contribution in [0.25, 0.3) is 0 Å². The number of hydrogen-bond donors (Lipinski definition) is 2. The largest absolute Gasteiger partial charge is 0.326 e. The lowest BCUT2D eigenvalue weighted by Gasteiger charge is -2.14. The summed E-state index contributed by atoms with van der Waals surface area (Å²) >= 11 is 5.77. The van der Waals surface area contributed by atoms with Crippen molar-refractivity contribution in [3.05, 3.63) is 29.3 Å². The van der Waals surface area contributed by atoms with Gasteiger partial charge in [-0.3, -0.25) is 9.69 Å². The monoisotopic (exact) mass is 253 g/mol. The van der Waals surface area contributed by atoms with Crippen molar-refractivity contribution in [1.82, 2.24) is 4.90 Å². The molecule has 1 fully saturated rings. The summed E-state index contributed by atoms with van der Waals surface area (Å²) in [6.07, 6.45) is 0.966. The van der Waals surface area contributed by atoms with Gasteiger partial charge in [0.15, 0.2) is 0 Å². The van der Waals surface area contributed by atoms with Crippen LogP contribution in [-0.4, -0.2) is 36.5 Å². The van der Waals surface area contributed by atoms with E-state index >= 15 is 0 Å². The number of rotatable bonds is 3. The summed E-state index contributed by atoms with van der Waals surface area (Å²) in [5.74, 6) is -0.0126. The molecule has 1 unspecified atom stereocenters. The van der Waals surface area contributed by atoms with Crippen LogP contribution in [0, 0.1) is 0 Å². The number of nitrogens with one attached hydrogen (secondary N) is 1. The van der Waals surface area contributed by atoms with Crippen molar-refractivity contribution in [3.8, 4) is 0 Å². The van der Waals surface area contributed by atoms with Gasteiger partial charge >= 0.3 is 0 Å². The molecule has 92 valence electrons. The maximum atomic E-state index is 11.7. The number of benzene rings is 1. The second kappa shape index (κ2) is 5.49. The molecule has 1 amide bonds. The first-order chi connectivity index (χ1) is 8.13. The first kappa shape index (κ1) is 12.4. The van der Waals surface area contributed by atoms with Crippen LogP contribution in [0.5, 0.6) is 0 Å². The Morgan fingerprint density at radius 3 is 2.76 bits per heavy atom. The van der Waals surface area contributed by atoms with Crippen molar-refractivity contribution in [2.45, 2.75) is 12.5 Å². The number of halogens is 1. The van der Waals surface area contributed by atoms with E-state index in [2.05, 4.69) is 10.2 Å². The number of anilines is 1. The summed E-state index contributed by atoms with van der Waals surface area (Å²) in [7, 11) is 0. The highest BCUT2D eigenvalue weighted by atomic mass is 35.5. The molecule has 5 heteroatoms. The zero-order valence-corrected chi connectivity index (χ0v) is 10.3. The predicted octanol–water partition coefficient (Wildman–Crippen LogP) is 1.31. The Labute approximate surface area is 106 Å². The molecule has 0 saturated carbocycles. The second-order valence-corrected chi connectivity index (χ2v) is 4.78. The lowest BCUT2D eigenvalue weighted by molar-refractivity contribution is -0.117. The molecule has 1 aromatic carbocycles. The van der Waals surface area contributed by atoms with Gasteiger partial charge in [-0.1, -0.05) is 11.6 Å². The Bertz CT molecular complexity index is 393. The van der Waals surface area contributed by atoms with Crippen LogP contribution < -0.4 is 11.1 Å². The van der Waals surface area contributed by atoms with Gasteiger partial charge in [-0.05, 0) is 30.7 Å². The second-order valence-electron chi connectivity index (χ2n) is 4.34. The average molecular weight is 254 g/mol. The van der Waals surface area contributed by atoms with Gasteiger partial charge in [0.1, 0.15) is 0 Å². The molecule has 0 radical (unpaired) electrons. The molecule has 1 aliphatic rings. The molecule has 0 aliphatic carbocycles. The Morgan fingerprint density at radius 2 is 2.18 bits per heavy atom. The number of nitrogens with two attached hydrogens (primary N) is 1. The smallest absolute Gasteiger partial charge is 0.238 e. The molecule has 2 rings (SSSR count). The maximum absolute atomic E-state index is 11.7. The van der Waals surface area contributed by atoms with Crippen LogP contribution >= 0.6 is 11.6 Å². The van der Waals surface area contributed by atoms with Crippen LogP contribution in [0.2, 0.25) is 5.02 Å². The molecule has 0 bridgehead atoms. The molecular formula is C12H16ClN3O. The van der Waals surface area contributed by atoms with Gasteiger partial charge in [-0.2, -0.15) is 0 Å². The van der Waals surface area contributed by atoms with Crippen molar-refractivity contribution < 1.29 is 4.79 Å². The highest BCUT2D eigenvalue weighted by Gasteiger charge is 2.20. The van der Waals surface area contributed by atoms with Crippen LogP contribution in [-0.2, 0) is 4.79 Å². The van der Waals surface area contributed by atoms with Crippen molar-refractivity contribution in [1.29, 1.82) is 0 Å². The molecule has 1 aromatic rings. The van der Waals surface area contributed by atoms with Gasteiger partial charge in [0, 0.05) is 29.8 Å². The van der Waals surface area contributed by atoms with Crippen molar-refractivity contribution >= 4 is 23.2 Å². The highest BCUT2D eigenvalue weighted by Crippen LogP contribution is 2.13. The van der Waals surface area contributed by atoms with Crippen LogP contribution in [0.3, 0.4) is 0 Å². The van der Waals surface area contributed by atoms with E-state index in [9.17, 15) is 4.79 Å². The van der Waals surface area contributed by atoms with Gasteiger partial charge in [-0.25, -0.2) is 0 Å². The van der Waals surface area contributed by atoms with Crippen LogP contribution in [0.4, 0.5) is 5.69 Å². The first-order valence-electron chi connectivity index (χ1n) is 5.67. The predicted molar refractivity (Wildman–Crippen MR) is 69.1 cm³/mol.